The molecular weight excluding hydrogens is 364 g/mol. The van der Waals surface area contributed by atoms with Crippen molar-refractivity contribution in [3.8, 4) is 5.75 Å². The Morgan fingerprint density at radius 3 is 2.41 bits per heavy atom. The van der Waals surface area contributed by atoms with Crippen molar-refractivity contribution in [3.05, 3.63) is 53.1 Å². The maximum Gasteiger partial charge on any atom is 0.242 e. The minimum atomic E-state index is -3.82. The summed E-state index contributed by atoms with van der Waals surface area (Å²) in [5.41, 5.74) is 3.05. The average molecular weight is 391 g/mol. The minimum absolute atomic E-state index is 0.146. The summed E-state index contributed by atoms with van der Waals surface area (Å²) in [5.74, 6) is 0.314. The van der Waals surface area contributed by atoms with Crippen LogP contribution in [0.25, 0.3) is 0 Å². The topological polar surface area (TPSA) is 75.7 Å². The summed E-state index contributed by atoms with van der Waals surface area (Å²) >= 11 is 0. The molecule has 146 valence electrons. The number of benzene rings is 2. The van der Waals surface area contributed by atoms with Crippen LogP contribution in [-0.4, -0.2) is 34.5 Å². The fraction of sp³-hybridized carbons (Fsp3) is 0.350. The van der Waals surface area contributed by atoms with Crippen LogP contribution in [-0.2, 0) is 14.8 Å². The van der Waals surface area contributed by atoms with Gasteiger partial charge >= 0.3 is 0 Å². The molecule has 6 nitrogen and oxygen atoms in total. The molecule has 1 amide bonds. The minimum Gasteiger partial charge on any atom is -0.496 e. The van der Waals surface area contributed by atoms with Crippen molar-refractivity contribution < 1.29 is 17.9 Å². The number of rotatable bonds is 7. The molecule has 0 aliphatic carbocycles. The van der Waals surface area contributed by atoms with E-state index in [-0.39, 0.29) is 17.3 Å². The molecule has 2 rings (SSSR count). The zero-order chi connectivity index (χ0) is 20.2. The van der Waals surface area contributed by atoms with Crippen LogP contribution in [0.5, 0.6) is 5.75 Å². The number of likely N-dealkylation sites (N-methyl/N-ethyl adjacent to an activating group) is 1. The van der Waals surface area contributed by atoms with Gasteiger partial charge in [-0.05, 0) is 68.7 Å². The molecule has 0 heterocycles. The van der Waals surface area contributed by atoms with Crippen LogP contribution in [0.3, 0.4) is 0 Å². The molecule has 27 heavy (non-hydrogen) atoms. The van der Waals surface area contributed by atoms with E-state index >= 15 is 0 Å². The number of aryl methyl sites for hydroxylation is 3. The highest BCUT2D eigenvalue weighted by Gasteiger charge is 2.22. The lowest BCUT2D eigenvalue weighted by atomic mass is 10.1. The molecule has 0 radical (unpaired) electrons. The van der Waals surface area contributed by atoms with Crippen molar-refractivity contribution >= 4 is 21.6 Å². The molecule has 0 aliphatic rings. The van der Waals surface area contributed by atoms with Gasteiger partial charge in [-0.25, -0.2) is 13.1 Å². The molecular formula is C20H26N2O4S. The highest BCUT2D eigenvalue weighted by molar-refractivity contribution is 7.89. The number of nitrogens with zero attached hydrogens (tertiary/aromatic N) is 1. The summed E-state index contributed by atoms with van der Waals surface area (Å²) in [5, 5.41) is 0. The van der Waals surface area contributed by atoms with E-state index in [0.29, 0.717) is 23.4 Å². The quantitative estimate of drug-likeness (QED) is 0.789. The van der Waals surface area contributed by atoms with Crippen LogP contribution in [0.4, 0.5) is 5.69 Å². The van der Waals surface area contributed by atoms with Crippen molar-refractivity contribution in [1.29, 1.82) is 0 Å². The zero-order valence-corrected chi connectivity index (χ0v) is 17.2. The van der Waals surface area contributed by atoms with Gasteiger partial charge in [-0.15, -0.1) is 0 Å². The van der Waals surface area contributed by atoms with E-state index in [2.05, 4.69) is 4.72 Å². The van der Waals surface area contributed by atoms with E-state index < -0.39 is 10.0 Å². The first-order valence-electron chi connectivity index (χ1n) is 8.71. The van der Waals surface area contributed by atoms with Gasteiger partial charge in [-0.3, -0.25) is 4.79 Å². The molecule has 0 spiro atoms. The Morgan fingerprint density at radius 1 is 1.11 bits per heavy atom. The Balaban J connectivity index is 2.19. The predicted octanol–water partition coefficient (Wildman–Crippen LogP) is 2.95. The van der Waals surface area contributed by atoms with E-state index in [1.807, 2.05) is 38.1 Å². The van der Waals surface area contributed by atoms with Crippen LogP contribution in [0.1, 0.15) is 23.6 Å². The van der Waals surface area contributed by atoms with Gasteiger partial charge in [-0.1, -0.05) is 12.1 Å². The Morgan fingerprint density at radius 2 is 1.81 bits per heavy atom. The lowest BCUT2D eigenvalue weighted by Crippen LogP contribution is -2.40. The number of nitrogens with one attached hydrogen (secondary N) is 1. The molecule has 0 aromatic heterocycles. The van der Waals surface area contributed by atoms with Crippen LogP contribution < -0.4 is 14.4 Å². The van der Waals surface area contributed by atoms with Crippen LogP contribution in [0, 0.1) is 20.8 Å². The normalized spacial score (nSPS) is 11.3. The van der Waals surface area contributed by atoms with Gasteiger partial charge in [0, 0.05) is 12.2 Å². The number of hydrogen-bond acceptors (Lipinski definition) is 4. The SMILES string of the molecule is CCN(C(=O)CNS(=O)(=O)c1cc(C)c(OC)cc1C)c1cccc(C)c1. The number of hydrogen-bond donors (Lipinski definition) is 1. The zero-order valence-electron chi connectivity index (χ0n) is 16.4. The second-order valence-electron chi connectivity index (χ2n) is 6.39. The standard InChI is InChI=1S/C20H26N2O4S/c1-6-22(17-9-7-8-14(2)10-17)20(23)13-21-27(24,25)19-12-15(3)18(26-5)11-16(19)4/h7-12,21H,6,13H2,1-5H3. The summed E-state index contributed by atoms with van der Waals surface area (Å²) in [6.45, 7) is 7.41. The molecule has 0 aliphatic heterocycles. The van der Waals surface area contributed by atoms with Gasteiger partial charge in [0.1, 0.15) is 5.75 Å². The van der Waals surface area contributed by atoms with Crippen LogP contribution >= 0.6 is 0 Å². The second-order valence-corrected chi connectivity index (χ2v) is 8.12. The molecule has 7 heteroatoms. The summed E-state index contributed by atoms with van der Waals surface area (Å²) in [4.78, 5) is 14.3. The first kappa shape index (κ1) is 20.9. The van der Waals surface area contributed by atoms with Crippen molar-refractivity contribution in [1.82, 2.24) is 4.72 Å². The largest absolute Gasteiger partial charge is 0.496 e. The number of ether oxygens (including phenoxy) is 1. The molecule has 0 saturated carbocycles. The maximum atomic E-state index is 12.7. The Labute approximate surface area is 161 Å². The second kappa shape index (κ2) is 8.54. The third-order valence-corrected chi connectivity index (χ3v) is 5.87. The van der Waals surface area contributed by atoms with Crippen molar-refractivity contribution in [3.63, 3.8) is 0 Å². The van der Waals surface area contributed by atoms with Gasteiger partial charge in [0.25, 0.3) is 0 Å². The first-order chi connectivity index (χ1) is 12.7. The van der Waals surface area contributed by atoms with Crippen molar-refractivity contribution in [2.45, 2.75) is 32.6 Å². The molecule has 0 saturated heterocycles. The Hall–Kier alpha value is -2.38. The molecule has 1 N–H and O–H groups in total. The summed E-state index contributed by atoms with van der Waals surface area (Å²) in [7, 11) is -2.28. The maximum absolute atomic E-state index is 12.7. The van der Waals surface area contributed by atoms with Crippen LogP contribution in [0.2, 0.25) is 0 Å². The molecule has 0 bridgehead atoms. The highest BCUT2D eigenvalue weighted by Crippen LogP contribution is 2.25. The number of sulfonamides is 1. The average Bonchev–Trinajstić information content (AvgIpc) is 2.62. The summed E-state index contributed by atoms with van der Waals surface area (Å²) < 4.78 is 33.0. The van der Waals surface area contributed by atoms with Crippen LogP contribution in [0.15, 0.2) is 41.3 Å². The van der Waals surface area contributed by atoms with Gasteiger partial charge in [0.2, 0.25) is 15.9 Å². The lowest BCUT2D eigenvalue weighted by Gasteiger charge is -2.22. The Kier molecular flexibility index (Phi) is 6.62. The van der Waals surface area contributed by atoms with Gasteiger partial charge in [-0.2, -0.15) is 0 Å². The molecule has 2 aromatic carbocycles. The first-order valence-corrected chi connectivity index (χ1v) is 10.2. The predicted molar refractivity (Wildman–Crippen MR) is 107 cm³/mol. The summed E-state index contributed by atoms with van der Waals surface area (Å²) in [6.07, 6.45) is 0. The fourth-order valence-corrected chi connectivity index (χ4v) is 4.19. The molecule has 0 atom stereocenters. The lowest BCUT2D eigenvalue weighted by molar-refractivity contribution is -0.117. The third kappa shape index (κ3) is 4.87. The van der Waals surface area contributed by atoms with E-state index in [4.69, 9.17) is 4.74 Å². The molecule has 2 aromatic rings. The van der Waals surface area contributed by atoms with Crippen molar-refractivity contribution in [2.75, 3.05) is 25.1 Å². The number of carbonyl (C=O) groups is 1. The monoisotopic (exact) mass is 390 g/mol. The number of anilines is 1. The van der Waals surface area contributed by atoms with E-state index in [1.54, 1.807) is 30.9 Å². The van der Waals surface area contributed by atoms with E-state index in [0.717, 1.165) is 11.3 Å². The van der Waals surface area contributed by atoms with Gasteiger partial charge < -0.3 is 9.64 Å². The van der Waals surface area contributed by atoms with E-state index in [9.17, 15) is 13.2 Å². The molecule has 0 unspecified atom stereocenters. The smallest absolute Gasteiger partial charge is 0.242 e. The fourth-order valence-electron chi connectivity index (χ4n) is 2.90. The van der Waals surface area contributed by atoms with E-state index in [1.165, 1.54) is 7.11 Å². The Bertz CT molecular complexity index is 939. The number of amides is 1. The highest BCUT2D eigenvalue weighted by atomic mass is 32.2. The van der Waals surface area contributed by atoms with Gasteiger partial charge in [0.15, 0.2) is 0 Å². The third-order valence-electron chi connectivity index (χ3n) is 4.33. The molecule has 0 fully saturated rings. The van der Waals surface area contributed by atoms with Gasteiger partial charge in [0.05, 0.1) is 18.6 Å². The van der Waals surface area contributed by atoms with Crippen molar-refractivity contribution in [2.24, 2.45) is 0 Å². The summed E-state index contributed by atoms with van der Waals surface area (Å²) in [6, 6.07) is 10.8. The number of carbonyl (C=O) groups excluding carboxylic acids is 1. The number of methoxy groups -OCH3 is 1.